The summed E-state index contributed by atoms with van der Waals surface area (Å²) < 4.78 is 8.70. The Kier molecular flexibility index (Phi) is 5.82. The first-order valence-electron chi connectivity index (χ1n) is 9.46. The molecule has 0 saturated carbocycles. The Morgan fingerprint density at radius 1 is 1.00 bits per heavy atom. The second-order valence-corrected chi connectivity index (χ2v) is 6.74. The van der Waals surface area contributed by atoms with Crippen LogP contribution in [0.1, 0.15) is 33.1 Å². The van der Waals surface area contributed by atoms with E-state index in [0.29, 0.717) is 0 Å². The third kappa shape index (κ3) is 3.56. The highest BCUT2D eigenvalue weighted by molar-refractivity contribution is 5.80. The van der Waals surface area contributed by atoms with E-state index in [2.05, 4.69) is 59.7 Å². The number of piperidine rings is 1. The van der Waals surface area contributed by atoms with Crippen molar-refractivity contribution in [3.05, 3.63) is 41.8 Å². The van der Waals surface area contributed by atoms with Gasteiger partial charge in [0.05, 0.1) is 6.07 Å². The largest absolute Gasteiger partial charge is 1.00 e. The Morgan fingerprint density at radius 2 is 1.77 bits per heavy atom. The SMILES string of the molecule is CCN(CC)c1ccc2nc3ccc(=[N+]4CCCCC4)cc-3oc2c1.[Cl-]. The molecule has 5 heteroatoms. The Hall–Kier alpha value is -2.07. The molecule has 0 atom stereocenters. The minimum Gasteiger partial charge on any atom is -1.00 e. The van der Waals surface area contributed by atoms with Crippen LogP contribution in [0.5, 0.6) is 0 Å². The van der Waals surface area contributed by atoms with Crippen molar-refractivity contribution < 1.29 is 16.8 Å². The van der Waals surface area contributed by atoms with Crippen molar-refractivity contribution in [2.24, 2.45) is 0 Å². The Labute approximate surface area is 160 Å². The standard InChI is InChI=1S/C21H26N3O.ClH/c1-3-23(4-2)16-8-10-18-20(14-16)25-21-15-17(9-11-19(21)22-18)24-12-6-5-7-13-24;/h8-11,14-15H,3-7,12-13H2,1-2H3;1H/q+1;/p-1. The molecule has 1 fully saturated rings. The molecule has 3 aliphatic rings. The summed E-state index contributed by atoms with van der Waals surface area (Å²) in [6.07, 6.45) is 3.89. The van der Waals surface area contributed by atoms with Crippen LogP contribution in [0.15, 0.2) is 40.8 Å². The van der Waals surface area contributed by atoms with Crippen LogP contribution in [-0.2, 0) is 0 Å². The van der Waals surface area contributed by atoms with Gasteiger partial charge in [0.15, 0.2) is 11.3 Å². The first-order valence-corrected chi connectivity index (χ1v) is 9.46. The maximum atomic E-state index is 6.24. The highest BCUT2D eigenvalue weighted by Crippen LogP contribution is 2.27. The van der Waals surface area contributed by atoms with E-state index in [1.165, 1.54) is 30.3 Å². The van der Waals surface area contributed by atoms with Crippen LogP contribution in [0.3, 0.4) is 0 Å². The van der Waals surface area contributed by atoms with Crippen molar-refractivity contribution in [1.82, 2.24) is 9.56 Å². The summed E-state index contributed by atoms with van der Waals surface area (Å²) in [7, 11) is 0. The summed E-state index contributed by atoms with van der Waals surface area (Å²) in [5.74, 6) is 0.868. The van der Waals surface area contributed by atoms with E-state index in [0.717, 1.165) is 48.7 Å². The second-order valence-electron chi connectivity index (χ2n) is 6.74. The number of halogens is 1. The van der Waals surface area contributed by atoms with Gasteiger partial charge >= 0.3 is 0 Å². The highest BCUT2D eigenvalue weighted by Gasteiger charge is 2.15. The van der Waals surface area contributed by atoms with E-state index in [1.807, 2.05) is 0 Å². The minimum absolute atomic E-state index is 0. The number of nitrogens with zero attached hydrogens (tertiary/aromatic N) is 3. The number of rotatable bonds is 3. The lowest BCUT2D eigenvalue weighted by atomic mass is 10.1. The molecule has 1 aromatic rings. The fourth-order valence-corrected chi connectivity index (χ4v) is 3.74. The average molecular weight is 372 g/mol. The lowest BCUT2D eigenvalue weighted by molar-refractivity contribution is -0.00000567. The molecule has 1 aliphatic carbocycles. The van der Waals surface area contributed by atoms with Gasteiger partial charge in [0.2, 0.25) is 5.36 Å². The third-order valence-corrected chi connectivity index (χ3v) is 5.20. The predicted octanol–water partition coefficient (Wildman–Crippen LogP) is 0.739. The molecule has 1 saturated heterocycles. The summed E-state index contributed by atoms with van der Waals surface area (Å²) >= 11 is 0. The number of aromatic nitrogens is 1. The average Bonchev–Trinajstić information content (AvgIpc) is 2.67. The molecule has 0 amide bonds. The number of benzene rings is 2. The van der Waals surface area contributed by atoms with Crippen LogP contribution < -0.4 is 27.2 Å². The molecule has 26 heavy (non-hydrogen) atoms. The molecule has 0 unspecified atom stereocenters. The molecule has 0 aromatic heterocycles. The molecule has 0 spiro atoms. The first kappa shape index (κ1) is 18.7. The quantitative estimate of drug-likeness (QED) is 0.503. The van der Waals surface area contributed by atoms with Crippen molar-refractivity contribution in [1.29, 1.82) is 0 Å². The maximum absolute atomic E-state index is 6.24. The number of hydrogen-bond acceptors (Lipinski definition) is 3. The Morgan fingerprint density at radius 3 is 2.50 bits per heavy atom. The topological polar surface area (TPSA) is 32.3 Å². The third-order valence-electron chi connectivity index (χ3n) is 5.20. The first-order chi connectivity index (χ1) is 12.3. The zero-order chi connectivity index (χ0) is 17.2. The van der Waals surface area contributed by atoms with Gasteiger partial charge in [-0.2, -0.15) is 0 Å². The molecular formula is C21H26ClN3O. The monoisotopic (exact) mass is 371 g/mol. The van der Waals surface area contributed by atoms with Crippen LogP contribution in [0.2, 0.25) is 0 Å². The van der Waals surface area contributed by atoms with E-state index in [9.17, 15) is 0 Å². The fourth-order valence-electron chi connectivity index (χ4n) is 3.74. The van der Waals surface area contributed by atoms with Crippen LogP contribution in [0.25, 0.3) is 22.6 Å². The van der Waals surface area contributed by atoms with Gasteiger partial charge in [-0.05, 0) is 38.5 Å². The van der Waals surface area contributed by atoms with E-state index in [4.69, 9.17) is 9.40 Å². The second kappa shape index (κ2) is 8.09. The molecular weight excluding hydrogens is 346 g/mol. The van der Waals surface area contributed by atoms with E-state index in [-0.39, 0.29) is 12.4 Å². The van der Waals surface area contributed by atoms with Crippen molar-refractivity contribution >= 4 is 16.8 Å². The van der Waals surface area contributed by atoms with Crippen molar-refractivity contribution in [2.75, 3.05) is 31.1 Å². The fraction of sp³-hybridized carbons (Fsp3) is 0.429. The van der Waals surface area contributed by atoms with Gasteiger partial charge in [0.25, 0.3) is 0 Å². The zero-order valence-corrected chi connectivity index (χ0v) is 16.3. The highest BCUT2D eigenvalue weighted by atomic mass is 35.5. The summed E-state index contributed by atoms with van der Waals surface area (Å²) in [5, 5.41) is 1.25. The van der Waals surface area contributed by atoms with Crippen LogP contribution in [-0.4, -0.2) is 31.2 Å². The summed E-state index contributed by atoms with van der Waals surface area (Å²) in [4.78, 5) is 7.11. The molecule has 4 rings (SSSR count). The molecule has 2 heterocycles. The van der Waals surface area contributed by atoms with E-state index < -0.39 is 0 Å². The van der Waals surface area contributed by atoms with Crippen LogP contribution >= 0.6 is 0 Å². The summed E-state index contributed by atoms with van der Waals surface area (Å²) in [5.41, 5.74) is 3.88. The van der Waals surface area contributed by atoms with Gasteiger partial charge in [0, 0.05) is 43.8 Å². The molecule has 2 aliphatic heterocycles. The van der Waals surface area contributed by atoms with E-state index in [1.54, 1.807) is 0 Å². The lowest BCUT2D eigenvalue weighted by Gasteiger charge is -2.21. The van der Waals surface area contributed by atoms with Crippen LogP contribution in [0.4, 0.5) is 5.69 Å². The molecule has 1 aromatic carbocycles. The number of anilines is 1. The van der Waals surface area contributed by atoms with Crippen molar-refractivity contribution in [2.45, 2.75) is 33.1 Å². The van der Waals surface area contributed by atoms with Gasteiger partial charge in [-0.25, -0.2) is 9.56 Å². The smallest absolute Gasteiger partial charge is 0.203 e. The zero-order valence-electron chi connectivity index (χ0n) is 15.5. The predicted molar refractivity (Wildman–Crippen MR) is 103 cm³/mol. The number of fused-ring (bicyclic) bond motifs is 2. The van der Waals surface area contributed by atoms with E-state index >= 15 is 0 Å². The summed E-state index contributed by atoms with van der Waals surface area (Å²) in [6.45, 7) is 8.60. The molecule has 0 N–H and O–H groups in total. The van der Waals surface area contributed by atoms with Gasteiger partial charge in [-0.3, -0.25) is 0 Å². The van der Waals surface area contributed by atoms with Gasteiger partial charge in [0.1, 0.15) is 24.3 Å². The van der Waals surface area contributed by atoms with Crippen molar-refractivity contribution in [3.63, 3.8) is 0 Å². The molecule has 0 radical (unpaired) electrons. The molecule has 0 bridgehead atoms. The molecule has 4 nitrogen and oxygen atoms in total. The Balaban J connectivity index is 0.00000196. The normalized spacial score (nSPS) is 14.5. The van der Waals surface area contributed by atoms with Crippen LogP contribution in [0, 0.1) is 0 Å². The Bertz CT molecular complexity index is 922. The van der Waals surface area contributed by atoms with Crippen molar-refractivity contribution in [3.8, 4) is 11.5 Å². The lowest BCUT2D eigenvalue weighted by Crippen LogP contribution is -3.00. The summed E-state index contributed by atoms with van der Waals surface area (Å²) in [6, 6.07) is 12.7. The minimum atomic E-state index is 0. The van der Waals surface area contributed by atoms with Gasteiger partial charge < -0.3 is 21.7 Å². The molecule has 138 valence electrons. The number of hydrogen-bond donors (Lipinski definition) is 0. The van der Waals surface area contributed by atoms with Gasteiger partial charge in [-0.1, -0.05) is 0 Å². The van der Waals surface area contributed by atoms with Gasteiger partial charge in [-0.15, -0.1) is 0 Å². The maximum Gasteiger partial charge on any atom is 0.203 e.